The molecule has 0 unspecified atom stereocenters. The number of amides is 1. The van der Waals surface area contributed by atoms with Gasteiger partial charge in [-0.2, -0.15) is 0 Å². The lowest BCUT2D eigenvalue weighted by Crippen LogP contribution is -2.28. The Balaban J connectivity index is 1.75. The summed E-state index contributed by atoms with van der Waals surface area (Å²) in [7, 11) is 0. The molecule has 2 atom stereocenters. The van der Waals surface area contributed by atoms with E-state index in [2.05, 4.69) is 41.2 Å². The Hall–Kier alpha value is -2.24. The molecule has 0 spiro atoms. The van der Waals surface area contributed by atoms with E-state index in [-0.39, 0.29) is 17.7 Å². The van der Waals surface area contributed by atoms with Crippen LogP contribution in [0.3, 0.4) is 0 Å². The smallest absolute Gasteiger partial charge is 0.223 e. The quantitative estimate of drug-likeness (QED) is 0.882. The first-order chi connectivity index (χ1) is 11.5. The summed E-state index contributed by atoms with van der Waals surface area (Å²) in [6.45, 7) is 8.68. The number of nitrogens with zero attached hydrogens (tertiary/aromatic N) is 3. The Kier molecular flexibility index (Phi) is 4.64. The summed E-state index contributed by atoms with van der Waals surface area (Å²) in [5, 5.41) is 6.95. The van der Waals surface area contributed by atoms with E-state index in [0.29, 0.717) is 24.6 Å². The van der Waals surface area contributed by atoms with Gasteiger partial charge in [0.15, 0.2) is 5.76 Å². The van der Waals surface area contributed by atoms with Crippen LogP contribution >= 0.6 is 0 Å². The third-order valence-corrected chi connectivity index (χ3v) is 4.40. The third-order valence-electron chi connectivity index (χ3n) is 4.40. The zero-order valence-electron chi connectivity index (χ0n) is 14.7. The predicted octanol–water partition coefficient (Wildman–Crippen LogP) is 2.88. The molecule has 128 valence electrons. The van der Waals surface area contributed by atoms with E-state index in [1.807, 2.05) is 13.0 Å². The molecule has 0 bridgehead atoms. The van der Waals surface area contributed by atoms with Crippen molar-refractivity contribution in [2.24, 2.45) is 11.8 Å². The van der Waals surface area contributed by atoms with Gasteiger partial charge in [0.25, 0.3) is 0 Å². The molecule has 0 aliphatic heterocycles. The highest BCUT2D eigenvalue weighted by Gasteiger charge is 2.38. The van der Waals surface area contributed by atoms with Gasteiger partial charge in [-0.25, -0.2) is 9.97 Å². The molecule has 6 heteroatoms. The van der Waals surface area contributed by atoms with Crippen molar-refractivity contribution in [3.8, 4) is 11.3 Å². The van der Waals surface area contributed by atoms with E-state index in [1.54, 1.807) is 6.20 Å². The lowest BCUT2D eigenvalue weighted by atomic mass is 10.1. The number of aryl methyl sites for hydroxylation is 1. The van der Waals surface area contributed by atoms with Gasteiger partial charge in [0.1, 0.15) is 5.82 Å². The van der Waals surface area contributed by atoms with Crippen molar-refractivity contribution in [1.82, 2.24) is 20.4 Å². The van der Waals surface area contributed by atoms with Crippen molar-refractivity contribution in [3.63, 3.8) is 0 Å². The summed E-state index contributed by atoms with van der Waals surface area (Å²) in [6.07, 6.45) is 3.44. The first-order valence-electron chi connectivity index (χ1n) is 8.53. The monoisotopic (exact) mass is 328 g/mol. The molecular weight excluding hydrogens is 304 g/mol. The van der Waals surface area contributed by atoms with Crippen LogP contribution in [0.2, 0.25) is 0 Å². The lowest BCUT2D eigenvalue weighted by molar-refractivity contribution is -0.122. The van der Waals surface area contributed by atoms with Crippen molar-refractivity contribution in [2.45, 2.75) is 46.5 Å². The molecule has 1 aliphatic rings. The molecule has 24 heavy (non-hydrogen) atoms. The summed E-state index contributed by atoms with van der Waals surface area (Å²) >= 11 is 0. The molecule has 6 nitrogen and oxygen atoms in total. The normalized spacial score (nSPS) is 19.5. The van der Waals surface area contributed by atoms with Gasteiger partial charge in [0.05, 0.1) is 17.0 Å². The molecular formula is C18H24N4O2. The van der Waals surface area contributed by atoms with Crippen molar-refractivity contribution in [2.75, 3.05) is 6.54 Å². The van der Waals surface area contributed by atoms with Crippen molar-refractivity contribution in [3.05, 3.63) is 29.5 Å². The second-order valence-electron chi connectivity index (χ2n) is 6.94. The van der Waals surface area contributed by atoms with Gasteiger partial charge in [-0.3, -0.25) is 4.79 Å². The number of hydrogen-bond donors (Lipinski definition) is 1. The zero-order chi connectivity index (χ0) is 17.3. The van der Waals surface area contributed by atoms with Gasteiger partial charge in [-0.15, -0.1) is 0 Å². The number of nitrogens with one attached hydrogen (secondary N) is 1. The highest BCUT2D eigenvalue weighted by molar-refractivity contribution is 5.81. The molecule has 1 aliphatic carbocycles. The van der Waals surface area contributed by atoms with E-state index in [4.69, 9.17) is 4.52 Å². The second-order valence-corrected chi connectivity index (χ2v) is 6.94. The van der Waals surface area contributed by atoms with Crippen molar-refractivity contribution in [1.29, 1.82) is 0 Å². The number of aromatic nitrogens is 3. The van der Waals surface area contributed by atoms with Gasteiger partial charge >= 0.3 is 0 Å². The number of rotatable bonds is 6. The molecule has 1 saturated carbocycles. The number of hydrogen-bond acceptors (Lipinski definition) is 5. The standard InChI is InChI=1S/C18H24N4O2/c1-10(2)17-20-9-14(16-8-12(4)22-24-16)15(21-17)5-6-19-18(23)13-7-11(13)3/h8-11,13H,5-7H2,1-4H3,(H,19,23)/t11-,13+/m0/s1. The fourth-order valence-corrected chi connectivity index (χ4v) is 2.72. The van der Waals surface area contributed by atoms with E-state index in [0.717, 1.165) is 29.2 Å². The SMILES string of the molecule is Cc1cc(-c2cnc(C(C)C)nc2CCNC(=O)[C@@H]2C[C@@H]2C)on1. The Morgan fingerprint density at radius 1 is 1.46 bits per heavy atom. The van der Waals surface area contributed by atoms with Crippen molar-refractivity contribution < 1.29 is 9.32 Å². The third kappa shape index (κ3) is 3.63. The van der Waals surface area contributed by atoms with Crippen LogP contribution < -0.4 is 5.32 Å². The van der Waals surface area contributed by atoms with E-state index >= 15 is 0 Å². The van der Waals surface area contributed by atoms with E-state index in [9.17, 15) is 4.79 Å². The minimum Gasteiger partial charge on any atom is -0.356 e. The first kappa shape index (κ1) is 16.6. The van der Waals surface area contributed by atoms with Gasteiger partial charge < -0.3 is 9.84 Å². The van der Waals surface area contributed by atoms with E-state index in [1.165, 1.54) is 0 Å². The highest BCUT2D eigenvalue weighted by atomic mass is 16.5. The lowest BCUT2D eigenvalue weighted by Gasteiger charge is -2.11. The molecule has 2 aromatic rings. The van der Waals surface area contributed by atoms with Crippen LogP contribution in [0.25, 0.3) is 11.3 Å². The Bertz CT molecular complexity index is 738. The summed E-state index contributed by atoms with van der Waals surface area (Å²) in [6, 6.07) is 1.88. The van der Waals surface area contributed by atoms with Crippen LogP contribution in [0.4, 0.5) is 0 Å². The van der Waals surface area contributed by atoms with Crippen LogP contribution in [0, 0.1) is 18.8 Å². The predicted molar refractivity (Wildman–Crippen MR) is 90.3 cm³/mol. The average molecular weight is 328 g/mol. The second kappa shape index (κ2) is 6.71. The first-order valence-corrected chi connectivity index (χ1v) is 8.53. The minimum absolute atomic E-state index is 0.151. The fourth-order valence-electron chi connectivity index (χ4n) is 2.72. The van der Waals surface area contributed by atoms with Crippen LogP contribution in [0.15, 0.2) is 16.8 Å². The molecule has 1 fully saturated rings. The molecule has 0 radical (unpaired) electrons. The van der Waals surface area contributed by atoms with Gasteiger partial charge in [0, 0.05) is 37.1 Å². The summed E-state index contributed by atoms with van der Waals surface area (Å²) in [4.78, 5) is 21.1. The maximum Gasteiger partial charge on any atom is 0.223 e. The number of carbonyl (C=O) groups excluding carboxylic acids is 1. The van der Waals surface area contributed by atoms with Crippen molar-refractivity contribution >= 4 is 5.91 Å². The summed E-state index contributed by atoms with van der Waals surface area (Å²) in [5.41, 5.74) is 2.54. The Labute approximate surface area is 142 Å². The zero-order valence-corrected chi connectivity index (χ0v) is 14.7. The highest BCUT2D eigenvalue weighted by Crippen LogP contribution is 2.37. The number of carbonyl (C=O) groups is 1. The van der Waals surface area contributed by atoms with Gasteiger partial charge in [0.2, 0.25) is 5.91 Å². The summed E-state index contributed by atoms with van der Waals surface area (Å²) < 4.78 is 5.36. The van der Waals surface area contributed by atoms with Gasteiger partial charge in [-0.1, -0.05) is 25.9 Å². The van der Waals surface area contributed by atoms with E-state index < -0.39 is 0 Å². The topological polar surface area (TPSA) is 80.9 Å². The maximum absolute atomic E-state index is 12.0. The molecule has 2 heterocycles. The molecule has 1 N–H and O–H groups in total. The van der Waals surface area contributed by atoms with Crippen LogP contribution in [-0.4, -0.2) is 27.6 Å². The van der Waals surface area contributed by atoms with Crippen LogP contribution in [0.5, 0.6) is 0 Å². The molecule has 1 amide bonds. The van der Waals surface area contributed by atoms with Crippen LogP contribution in [0.1, 0.15) is 50.3 Å². The Morgan fingerprint density at radius 2 is 2.21 bits per heavy atom. The maximum atomic E-state index is 12.0. The average Bonchev–Trinajstić information content (AvgIpc) is 3.12. The Morgan fingerprint density at radius 3 is 2.79 bits per heavy atom. The molecule has 0 aromatic carbocycles. The molecule has 0 saturated heterocycles. The summed E-state index contributed by atoms with van der Waals surface area (Å²) in [5.74, 6) is 2.57. The van der Waals surface area contributed by atoms with Gasteiger partial charge in [-0.05, 0) is 19.3 Å². The fraction of sp³-hybridized carbons (Fsp3) is 0.556. The minimum atomic E-state index is 0.151. The largest absolute Gasteiger partial charge is 0.356 e. The molecule has 2 aromatic heterocycles. The molecule has 3 rings (SSSR count). The van der Waals surface area contributed by atoms with Crippen LogP contribution in [-0.2, 0) is 11.2 Å².